The molecule has 2 nitrogen and oxygen atoms in total. The smallest absolute Gasteiger partial charge is 0.0820 e. The van der Waals surface area contributed by atoms with Gasteiger partial charge in [-0.15, -0.1) is 11.6 Å². The zero-order chi connectivity index (χ0) is 10.8. The van der Waals surface area contributed by atoms with Crippen molar-refractivity contribution in [1.29, 1.82) is 0 Å². The molecular formula is C10H14Cl2N2. The first-order chi connectivity index (χ1) is 6.43. The molecule has 1 N–H and O–H groups in total. The molecule has 1 atom stereocenters. The highest BCUT2D eigenvalue weighted by Gasteiger charge is 2.24. The van der Waals surface area contributed by atoms with Crippen molar-refractivity contribution in [3.63, 3.8) is 0 Å². The topological polar surface area (TPSA) is 24.9 Å². The van der Waals surface area contributed by atoms with Gasteiger partial charge in [-0.05, 0) is 26.8 Å². The van der Waals surface area contributed by atoms with E-state index in [4.69, 9.17) is 23.2 Å². The average molecular weight is 233 g/mol. The molecule has 0 spiro atoms. The monoisotopic (exact) mass is 232 g/mol. The predicted molar refractivity (Wildman–Crippen MR) is 62.3 cm³/mol. The lowest BCUT2D eigenvalue weighted by molar-refractivity contribution is 0.555. The lowest BCUT2D eigenvalue weighted by atomic mass is 10.0. The standard InChI is InChI=1S/C10H14Cl2N2/c1-7(11)10(2,3)14-9-4-5-13-6-8(9)12/h4-7H,1-3H3,(H,13,14). The third-order valence-corrected chi connectivity index (χ3v) is 3.07. The minimum absolute atomic E-state index is 0.00623. The number of halogens is 2. The molecule has 0 saturated heterocycles. The molecule has 1 heterocycles. The normalized spacial score (nSPS) is 13.8. The number of pyridine rings is 1. The number of rotatable bonds is 3. The van der Waals surface area contributed by atoms with Crippen molar-refractivity contribution in [2.24, 2.45) is 0 Å². The van der Waals surface area contributed by atoms with Crippen LogP contribution >= 0.6 is 23.2 Å². The van der Waals surface area contributed by atoms with Crippen LogP contribution in [0, 0.1) is 0 Å². The molecule has 14 heavy (non-hydrogen) atoms. The van der Waals surface area contributed by atoms with Crippen molar-refractivity contribution >= 4 is 28.9 Å². The Morgan fingerprint density at radius 3 is 2.64 bits per heavy atom. The van der Waals surface area contributed by atoms with Crippen LogP contribution < -0.4 is 5.32 Å². The average Bonchev–Trinajstić information content (AvgIpc) is 2.08. The molecule has 1 aromatic heterocycles. The van der Waals surface area contributed by atoms with E-state index in [0.717, 1.165) is 5.69 Å². The van der Waals surface area contributed by atoms with E-state index in [1.54, 1.807) is 12.4 Å². The molecule has 0 aliphatic carbocycles. The summed E-state index contributed by atoms with van der Waals surface area (Å²) in [5, 5.41) is 3.90. The molecule has 1 unspecified atom stereocenters. The molecule has 0 fully saturated rings. The maximum Gasteiger partial charge on any atom is 0.0820 e. The third kappa shape index (κ3) is 2.76. The molecule has 1 rings (SSSR count). The van der Waals surface area contributed by atoms with Crippen LogP contribution in [0.25, 0.3) is 0 Å². The van der Waals surface area contributed by atoms with Gasteiger partial charge in [-0.3, -0.25) is 4.98 Å². The van der Waals surface area contributed by atoms with E-state index in [0.29, 0.717) is 5.02 Å². The van der Waals surface area contributed by atoms with E-state index in [2.05, 4.69) is 10.3 Å². The number of nitrogens with zero attached hydrogens (tertiary/aromatic N) is 1. The largest absolute Gasteiger partial charge is 0.377 e. The number of nitrogens with one attached hydrogen (secondary N) is 1. The molecule has 0 bridgehead atoms. The van der Waals surface area contributed by atoms with E-state index in [1.165, 1.54) is 0 Å². The van der Waals surface area contributed by atoms with Crippen molar-refractivity contribution in [1.82, 2.24) is 4.98 Å². The zero-order valence-electron chi connectivity index (χ0n) is 8.51. The molecule has 0 amide bonds. The van der Waals surface area contributed by atoms with Gasteiger partial charge in [-0.2, -0.15) is 0 Å². The van der Waals surface area contributed by atoms with Gasteiger partial charge < -0.3 is 5.32 Å². The highest BCUT2D eigenvalue weighted by atomic mass is 35.5. The Morgan fingerprint density at radius 1 is 1.50 bits per heavy atom. The second kappa shape index (κ2) is 4.37. The van der Waals surface area contributed by atoms with E-state index < -0.39 is 0 Å². The fraction of sp³-hybridized carbons (Fsp3) is 0.500. The molecule has 0 aromatic carbocycles. The Kier molecular flexibility index (Phi) is 3.62. The maximum absolute atomic E-state index is 6.05. The summed E-state index contributed by atoms with van der Waals surface area (Å²) in [6.45, 7) is 6.01. The Labute approximate surface area is 94.6 Å². The van der Waals surface area contributed by atoms with Crippen molar-refractivity contribution < 1.29 is 0 Å². The van der Waals surface area contributed by atoms with Gasteiger partial charge in [0.1, 0.15) is 0 Å². The minimum atomic E-state index is -0.202. The van der Waals surface area contributed by atoms with Crippen LogP contribution in [0.5, 0.6) is 0 Å². The van der Waals surface area contributed by atoms with Gasteiger partial charge in [-0.25, -0.2) is 0 Å². The van der Waals surface area contributed by atoms with Crippen LogP contribution in [0.15, 0.2) is 18.5 Å². The van der Waals surface area contributed by atoms with E-state index in [-0.39, 0.29) is 10.9 Å². The predicted octanol–water partition coefficient (Wildman–Crippen LogP) is 3.55. The van der Waals surface area contributed by atoms with Gasteiger partial charge in [0.05, 0.1) is 16.1 Å². The summed E-state index contributed by atoms with van der Waals surface area (Å²) in [6, 6.07) is 1.84. The number of aromatic nitrogens is 1. The highest BCUT2D eigenvalue weighted by Crippen LogP contribution is 2.26. The molecule has 0 aliphatic rings. The molecule has 0 aliphatic heterocycles. The fourth-order valence-electron chi connectivity index (χ4n) is 0.923. The molecule has 0 saturated carbocycles. The summed E-state index contributed by atoms with van der Waals surface area (Å²) in [4.78, 5) is 3.91. The second-order valence-corrected chi connectivity index (χ2v) is 4.88. The Hall–Kier alpha value is -0.470. The van der Waals surface area contributed by atoms with Gasteiger partial charge in [0.15, 0.2) is 0 Å². The van der Waals surface area contributed by atoms with Gasteiger partial charge in [0.2, 0.25) is 0 Å². The van der Waals surface area contributed by atoms with Crippen molar-refractivity contribution in [3.8, 4) is 0 Å². The van der Waals surface area contributed by atoms with Crippen LogP contribution in [0.3, 0.4) is 0 Å². The molecular weight excluding hydrogens is 219 g/mol. The summed E-state index contributed by atoms with van der Waals surface area (Å²) in [5.74, 6) is 0. The summed E-state index contributed by atoms with van der Waals surface area (Å²) in [5.41, 5.74) is 0.659. The first kappa shape index (κ1) is 11.6. The quantitative estimate of drug-likeness (QED) is 0.807. The fourth-order valence-corrected chi connectivity index (χ4v) is 1.14. The molecule has 78 valence electrons. The zero-order valence-corrected chi connectivity index (χ0v) is 10.0. The Bertz CT molecular complexity index is 311. The molecule has 4 heteroatoms. The molecule has 1 aromatic rings. The van der Waals surface area contributed by atoms with Crippen LogP contribution in [-0.4, -0.2) is 15.9 Å². The summed E-state index contributed by atoms with van der Waals surface area (Å²) >= 11 is 12.0. The van der Waals surface area contributed by atoms with E-state index in [9.17, 15) is 0 Å². The number of hydrogen-bond donors (Lipinski definition) is 1. The van der Waals surface area contributed by atoms with E-state index in [1.807, 2.05) is 26.8 Å². The minimum Gasteiger partial charge on any atom is -0.377 e. The van der Waals surface area contributed by atoms with Crippen LogP contribution in [0.2, 0.25) is 5.02 Å². The SMILES string of the molecule is CC(Cl)C(C)(C)Nc1ccncc1Cl. The summed E-state index contributed by atoms with van der Waals surface area (Å²) in [7, 11) is 0. The first-order valence-corrected chi connectivity index (χ1v) is 5.26. The van der Waals surface area contributed by atoms with Crippen molar-refractivity contribution in [2.75, 3.05) is 5.32 Å². The Morgan fingerprint density at radius 2 is 2.14 bits per heavy atom. The van der Waals surface area contributed by atoms with Crippen LogP contribution in [-0.2, 0) is 0 Å². The van der Waals surface area contributed by atoms with E-state index >= 15 is 0 Å². The van der Waals surface area contributed by atoms with Crippen molar-refractivity contribution in [3.05, 3.63) is 23.5 Å². The van der Waals surface area contributed by atoms with Gasteiger partial charge >= 0.3 is 0 Å². The Balaban J connectivity index is 2.84. The van der Waals surface area contributed by atoms with Gasteiger partial charge in [0, 0.05) is 17.9 Å². The summed E-state index contributed by atoms with van der Waals surface area (Å²) < 4.78 is 0. The lowest BCUT2D eigenvalue weighted by Crippen LogP contribution is -2.39. The highest BCUT2D eigenvalue weighted by molar-refractivity contribution is 6.33. The molecule has 0 radical (unpaired) electrons. The number of alkyl halides is 1. The summed E-state index contributed by atoms with van der Waals surface area (Å²) in [6.07, 6.45) is 3.31. The van der Waals surface area contributed by atoms with Gasteiger partial charge in [-0.1, -0.05) is 11.6 Å². The first-order valence-electron chi connectivity index (χ1n) is 4.45. The lowest BCUT2D eigenvalue weighted by Gasteiger charge is -2.30. The second-order valence-electron chi connectivity index (χ2n) is 3.82. The number of anilines is 1. The number of hydrogen-bond acceptors (Lipinski definition) is 2. The van der Waals surface area contributed by atoms with Crippen molar-refractivity contribution in [2.45, 2.75) is 31.7 Å². The van der Waals surface area contributed by atoms with Crippen LogP contribution in [0.1, 0.15) is 20.8 Å². The van der Waals surface area contributed by atoms with Gasteiger partial charge in [0.25, 0.3) is 0 Å². The third-order valence-electron chi connectivity index (χ3n) is 2.22. The van der Waals surface area contributed by atoms with Crippen LogP contribution in [0.4, 0.5) is 5.69 Å². The maximum atomic E-state index is 6.05.